The molecule has 1 aromatic heterocycles. The summed E-state index contributed by atoms with van der Waals surface area (Å²) < 4.78 is 5.13. The second kappa shape index (κ2) is 4.96. The first kappa shape index (κ1) is 12.7. The van der Waals surface area contributed by atoms with E-state index in [9.17, 15) is 10.1 Å². The minimum atomic E-state index is -0.335. The normalized spacial score (nSPS) is 18.4. The monoisotopic (exact) mass is 273 g/mol. The number of para-hydroxylation sites is 2. The number of hydrogen-bond acceptors (Lipinski definition) is 5. The third kappa shape index (κ3) is 2.13. The van der Waals surface area contributed by atoms with Crippen LogP contribution >= 0.6 is 0 Å². The summed E-state index contributed by atoms with van der Waals surface area (Å²) in [7, 11) is 0. The molecule has 6 heteroatoms. The van der Waals surface area contributed by atoms with E-state index in [1.165, 1.54) is 0 Å². The first-order valence-corrected chi connectivity index (χ1v) is 6.60. The van der Waals surface area contributed by atoms with Crippen LogP contribution in [0.4, 0.5) is 11.4 Å². The van der Waals surface area contributed by atoms with Crippen molar-refractivity contribution in [3.63, 3.8) is 0 Å². The minimum absolute atomic E-state index is 0.0496. The molecule has 1 fully saturated rings. The van der Waals surface area contributed by atoms with Gasteiger partial charge in [0.05, 0.1) is 11.0 Å². The first-order valence-electron chi connectivity index (χ1n) is 6.60. The molecule has 104 valence electrons. The van der Waals surface area contributed by atoms with Crippen molar-refractivity contribution in [3.8, 4) is 0 Å². The molecular formula is C14H15N3O3. The maximum atomic E-state index is 11.2. The van der Waals surface area contributed by atoms with Crippen LogP contribution in [0.2, 0.25) is 0 Å². The molecule has 1 aliphatic rings. The summed E-state index contributed by atoms with van der Waals surface area (Å²) in [5.74, 6) is 0.759. The van der Waals surface area contributed by atoms with Gasteiger partial charge in [0.15, 0.2) is 0 Å². The number of aryl methyl sites for hydroxylation is 1. The van der Waals surface area contributed by atoms with Crippen LogP contribution < -0.4 is 4.90 Å². The van der Waals surface area contributed by atoms with Crippen molar-refractivity contribution in [1.29, 1.82) is 0 Å². The lowest BCUT2D eigenvalue weighted by Gasteiger charge is -2.24. The van der Waals surface area contributed by atoms with Crippen LogP contribution in [0.25, 0.3) is 0 Å². The molecule has 3 rings (SSSR count). The fraction of sp³-hybridized carbons (Fsp3) is 0.357. The molecule has 0 bridgehead atoms. The van der Waals surface area contributed by atoms with E-state index in [-0.39, 0.29) is 16.7 Å². The molecule has 0 N–H and O–H groups in total. The number of nitro benzene ring substituents is 1. The Balaban J connectivity index is 1.99. The molecule has 0 saturated carbocycles. The molecule has 2 aromatic rings. The zero-order valence-electron chi connectivity index (χ0n) is 11.2. The van der Waals surface area contributed by atoms with Crippen LogP contribution in [0.3, 0.4) is 0 Å². The maximum absolute atomic E-state index is 11.2. The van der Waals surface area contributed by atoms with Gasteiger partial charge in [-0.2, -0.15) is 0 Å². The van der Waals surface area contributed by atoms with Gasteiger partial charge in [0, 0.05) is 18.7 Å². The van der Waals surface area contributed by atoms with Gasteiger partial charge in [0.1, 0.15) is 17.1 Å². The van der Waals surface area contributed by atoms with Crippen LogP contribution in [0.5, 0.6) is 0 Å². The van der Waals surface area contributed by atoms with Crippen LogP contribution in [0.15, 0.2) is 34.9 Å². The van der Waals surface area contributed by atoms with Gasteiger partial charge in [-0.25, -0.2) is 0 Å². The Morgan fingerprint density at radius 1 is 1.45 bits per heavy atom. The molecule has 1 saturated heterocycles. The Bertz CT molecular complexity index is 638. The highest BCUT2D eigenvalue weighted by Gasteiger charge is 2.32. The Morgan fingerprint density at radius 3 is 2.95 bits per heavy atom. The Labute approximate surface area is 116 Å². The van der Waals surface area contributed by atoms with E-state index in [1.54, 1.807) is 18.2 Å². The molecule has 1 aliphatic heterocycles. The van der Waals surface area contributed by atoms with E-state index in [0.717, 1.165) is 30.8 Å². The van der Waals surface area contributed by atoms with E-state index in [4.69, 9.17) is 4.52 Å². The molecule has 0 aliphatic carbocycles. The van der Waals surface area contributed by atoms with Crippen molar-refractivity contribution in [2.75, 3.05) is 11.4 Å². The van der Waals surface area contributed by atoms with Gasteiger partial charge in [-0.3, -0.25) is 10.1 Å². The largest absolute Gasteiger partial charge is 0.361 e. The highest BCUT2D eigenvalue weighted by atomic mass is 16.6. The maximum Gasteiger partial charge on any atom is 0.292 e. The quantitative estimate of drug-likeness (QED) is 0.634. The summed E-state index contributed by atoms with van der Waals surface area (Å²) in [4.78, 5) is 12.9. The van der Waals surface area contributed by atoms with Crippen LogP contribution in [0.1, 0.15) is 30.3 Å². The number of aromatic nitrogens is 1. The molecule has 2 heterocycles. The lowest BCUT2D eigenvalue weighted by molar-refractivity contribution is -0.384. The number of nitrogens with zero attached hydrogens (tertiary/aromatic N) is 3. The molecule has 1 atom stereocenters. The number of anilines is 1. The van der Waals surface area contributed by atoms with Crippen LogP contribution in [-0.4, -0.2) is 16.6 Å². The van der Waals surface area contributed by atoms with Crippen molar-refractivity contribution in [2.45, 2.75) is 25.8 Å². The fourth-order valence-corrected chi connectivity index (χ4v) is 2.77. The molecular weight excluding hydrogens is 258 g/mol. The highest BCUT2D eigenvalue weighted by molar-refractivity contribution is 5.64. The summed E-state index contributed by atoms with van der Waals surface area (Å²) >= 11 is 0. The number of benzene rings is 1. The minimum Gasteiger partial charge on any atom is -0.361 e. The molecule has 0 radical (unpaired) electrons. The summed E-state index contributed by atoms with van der Waals surface area (Å²) in [6.07, 6.45) is 1.92. The van der Waals surface area contributed by atoms with Gasteiger partial charge >= 0.3 is 0 Å². The lowest BCUT2D eigenvalue weighted by Crippen LogP contribution is -2.23. The smallest absolute Gasteiger partial charge is 0.292 e. The van der Waals surface area contributed by atoms with Crippen molar-refractivity contribution in [2.24, 2.45) is 0 Å². The molecule has 6 nitrogen and oxygen atoms in total. The average Bonchev–Trinajstić information content (AvgIpc) is 3.06. The number of nitro groups is 1. The van der Waals surface area contributed by atoms with Gasteiger partial charge < -0.3 is 9.42 Å². The summed E-state index contributed by atoms with van der Waals surface area (Å²) in [5, 5.41) is 15.2. The van der Waals surface area contributed by atoms with Gasteiger partial charge in [-0.15, -0.1) is 0 Å². The first-order chi connectivity index (χ1) is 9.66. The van der Waals surface area contributed by atoms with E-state index in [0.29, 0.717) is 5.69 Å². The van der Waals surface area contributed by atoms with E-state index >= 15 is 0 Å². The third-order valence-electron chi connectivity index (χ3n) is 3.63. The van der Waals surface area contributed by atoms with E-state index < -0.39 is 0 Å². The topological polar surface area (TPSA) is 72.4 Å². The van der Waals surface area contributed by atoms with Gasteiger partial charge in [-0.05, 0) is 25.8 Å². The highest BCUT2D eigenvalue weighted by Crippen LogP contribution is 2.39. The van der Waals surface area contributed by atoms with Crippen LogP contribution in [-0.2, 0) is 0 Å². The molecule has 0 unspecified atom stereocenters. The number of rotatable bonds is 3. The van der Waals surface area contributed by atoms with Crippen molar-refractivity contribution < 1.29 is 9.45 Å². The van der Waals surface area contributed by atoms with Gasteiger partial charge in [0.25, 0.3) is 5.69 Å². The van der Waals surface area contributed by atoms with Gasteiger partial charge in [-0.1, -0.05) is 17.3 Å². The third-order valence-corrected chi connectivity index (χ3v) is 3.63. The summed E-state index contributed by atoms with van der Waals surface area (Å²) in [5.41, 5.74) is 1.64. The molecule has 20 heavy (non-hydrogen) atoms. The predicted octanol–water partition coefficient (Wildman–Crippen LogP) is 3.23. The Kier molecular flexibility index (Phi) is 3.14. The van der Waals surface area contributed by atoms with Gasteiger partial charge in [0.2, 0.25) is 0 Å². The van der Waals surface area contributed by atoms with Crippen LogP contribution in [0, 0.1) is 17.0 Å². The molecule has 0 amide bonds. The predicted molar refractivity (Wildman–Crippen MR) is 73.7 cm³/mol. The number of hydrogen-bond donors (Lipinski definition) is 0. The average molecular weight is 273 g/mol. The molecule has 0 spiro atoms. The van der Waals surface area contributed by atoms with Crippen molar-refractivity contribution >= 4 is 11.4 Å². The van der Waals surface area contributed by atoms with E-state index in [1.807, 2.05) is 19.1 Å². The fourth-order valence-electron chi connectivity index (χ4n) is 2.77. The summed E-state index contributed by atoms with van der Waals surface area (Å²) in [6.45, 7) is 2.64. The zero-order chi connectivity index (χ0) is 14.1. The SMILES string of the molecule is Cc1cc([C@H]2CCCN2c2ccccc2[N+](=O)[O-])no1. The van der Waals surface area contributed by atoms with E-state index in [2.05, 4.69) is 10.1 Å². The Morgan fingerprint density at radius 2 is 2.25 bits per heavy atom. The zero-order valence-corrected chi connectivity index (χ0v) is 11.2. The second-order valence-corrected chi connectivity index (χ2v) is 4.96. The van der Waals surface area contributed by atoms with Crippen molar-refractivity contribution in [1.82, 2.24) is 5.16 Å². The standard InChI is InChI=1S/C14H15N3O3/c1-10-9-11(15-20-10)12-7-4-8-16(12)13-5-2-3-6-14(13)17(18)19/h2-3,5-6,9,12H,4,7-8H2,1H3/t12-/m1/s1. The second-order valence-electron chi connectivity index (χ2n) is 4.96. The summed E-state index contributed by atoms with van der Waals surface area (Å²) in [6, 6.07) is 8.80. The Hall–Kier alpha value is -2.37. The lowest BCUT2D eigenvalue weighted by atomic mass is 10.1. The van der Waals surface area contributed by atoms with Crippen molar-refractivity contribution in [3.05, 3.63) is 51.9 Å². The molecule has 1 aromatic carbocycles.